The quantitative estimate of drug-likeness (QED) is 0.378. The number of carbonyl (C=O) groups excluding carboxylic acids is 2. The first-order valence-corrected chi connectivity index (χ1v) is 9.55. The number of anilines is 1. The van der Waals surface area contributed by atoms with Crippen LogP contribution in [0.25, 0.3) is 11.1 Å². The summed E-state index contributed by atoms with van der Waals surface area (Å²) in [6, 6.07) is 19.5. The topological polar surface area (TPSA) is 101 Å². The van der Waals surface area contributed by atoms with Crippen LogP contribution in [0.3, 0.4) is 0 Å². The fourth-order valence-corrected chi connectivity index (χ4v) is 3.57. The van der Waals surface area contributed by atoms with E-state index in [1.165, 1.54) is 46.5 Å². The summed E-state index contributed by atoms with van der Waals surface area (Å²) in [5.41, 5.74) is 5.85. The maximum absolute atomic E-state index is 12.2. The second-order valence-electron chi connectivity index (χ2n) is 7.06. The highest BCUT2D eigenvalue weighted by Gasteiger charge is 2.18. The van der Waals surface area contributed by atoms with Crippen molar-refractivity contribution in [2.45, 2.75) is 12.8 Å². The molecular weight excluding hydrogens is 382 g/mol. The van der Waals surface area contributed by atoms with Crippen LogP contribution in [-0.4, -0.2) is 23.3 Å². The summed E-state index contributed by atoms with van der Waals surface area (Å²) >= 11 is 0. The minimum absolute atomic E-state index is 0.0802. The van der Waals surface area contributed by atoms with Crippen LogP contribution < -0.4 is 10.6 Å². The number of nitro benzene ring substituents is 1. The maximum atomic E-state index is 12.2. The van der Waals surface area contributed by atoms with Gasteiger partial charge in [-0.2, -0.15) is 0 Å². The van der Waals surface area contributed by atoms with E-state index >= 15 is 0 Å². The largest absolute Gasteiger partial charge is 0.352 e. The molecule has 7 heteroatoms. The van der Waals surface area contributed by atoms with Crippen LogP contribution in [0.1, 0.15) is 27.9 Å². The van der Waals surface area contributed by atoms with E-state index in [4.69, 9.17) is 0 Å². The zero-order valence-corrected chi connectivity index (χ0v) is 16.1. The van der Waals surface area contributed by atoms with Crippen molar-refractivity contribution in [2.75, 3.05) is 11.9 Å². The Kier molecular flexibility index (Phi) is 5.26. The van der Waals surface area contributed by atoms with E-state index in [1.807, 2.05) is 30.3 Å². The van der Waals surface area contributed by atoms with Gasteiger partial charge in [0, 0.05) is 36.3 Å². The SMILES string of the molecule is O=C(CCNC(=O)c1ccc([N+](=O)[O-])cc1)Nc1ccc2c(c1)Cc1ccccc1-2. The number of rotatable bonds is 6. The molecule has 0 saturated heterocycles. The van der Waals surface area contributed by atoms with E-state index in [-0.39, 0.29) is 30.5 Å². The van der Waals surface area contributed by atoms with Crippen LogP contribution in [0.15, 0.2) is 66.7 Å². The molecule has 0 heterocycles. The Balaban J connectivity index is 1.29. The fraction of sp³-hybridized carbons (Fsp3) is 0.130. The van der Waals surface area contributed by atoms with Crippen LogP contribution in [0.5, 0.6) is 0 Å². The molecule has 4 rings (SSSR count). The van der Waals surface area contributed by atoms with Gasteiger partial charge in [-0.1, -0.05) is 30.3 Å². The Morgan fingerprint density at radius 1 is 0.933 bits per heavy atom. The van der Waals surface area contributed by atoms with Gasteiger partial charge >= 0.3 is 0 Å². The van der Waals surface area contributed by atoms with E-state index in [2.05, 4.69) is 22.8 Å². The molecule has 0 radical (unpaired) electrons. The molecule has 0 aromatic heterocycles. The lowest BCUT2D eigenvalue weighted by Gasteiger charge is -2.09. The van der Waals surface area contributed by atoms with Gasteiger partial charge in [-0.15, -0.1) is 0 Å². The van der Waals surface area contributed by atoms with Gasteiger partial charge in [0.2, 0.25) is 5.91 Å². The second-order valence-corrected chi connectivity index (χ2v) is 7.06. The van der Waals surface area contributed by atoms with Crippen molar-refractivity contribution < 1.29 is 14.5 Å². The van der Waals surface area contributed by atoms with Crippen LogP contribution in [-0.2, 0) is 11.2 Å². The van der Waals surface area contributed by atoms with Crippen molar-refractivity contribution in [1.29, 1.82) is 0 Å². The highest BCUT2D eigenvalue weighted by molar-refractivity contribution is 5.95. The molecule has 3 aromatic carbocycles. The van der Waals surface area contributed by atoms with Gasteiger partial charge in [0.05, 0.1) is 4.92 Å². The normalized spacial score (nSPS) is 11.3. The van der Waals surface area contributed by atoms with Gasteiger partial charge in [-0.3, -0.25) is 19.7 Å². The van der Waals surface area contributed by atoms with Crippen molar-refractivity contribution in [3.63, 3.8) is 0 Å². The van der Waals surface area contributed by atoms with E-state index < -0.39 is 4.92 Å². The van der Waals surface area contributed by atoms with Crippen LogP contribution in [0, 0.1) is 10.1 Å². The standard InChI is InChI=1S/C23H19N3O4/c27-22(11-12-24-23(28)15-5-8-19(9-6-15)26(29)30)25-18-7-10-21-17(14-18)13-16-3-1-2-4-20(16)21/h1-10,14H,11-13H2,(H,24,28)(H,25,27). The minimum Gasteiger partial charge on any atom is -0.352 e. The van der Waals surface area contributed by atoms with Crippen molar-refractivity contribution >= 4 is 23.2 Å². The Morgan fingerprint density at radius 3 is 2.43 bits per heavy atom. The van der Waals surface area contributed by atoms with Gasteiger partial charge in [-0.05, 0) is 52.9 Å². The molecule has 0 spiro atoms. The van der Waals surface area contributed by atoms with Crippen LogP contribution in [0.2, 0.25) is 0 Å². The summed E-state index contributed by atoms with van der Waals surface area (Å²) in [7, 11) is 0. The zero-order chi connectivity index (χ0) is 21.1. The maximum Gasteiger partial charge on any atom is 0.269 e. The number of hydrogen-bond acceptors (Lipinski definition) is 4. The molecule has 2 amide bonds. The molecule has 1 aliphatic rings. The predicted molar refractivity (Wildman–Crippen MR) is 113 cm³/mol. The summed E-state index contributed by atoms with van der Waals surface area (Å²) < 4.78 is 0. The van der Waals surface area contributed by atoms with E-state index in [1.54, 1.807) is 0 Å². The molecule has 3 aromatic rings. The third-order valence-corrected chi connectivity index (χ3v) is 5.06. The second kappa shape index (κ2) is 8.16. The average Bonchev–Trinajstić information content (AvgIpc) is 3.11. The lowest BCUT2D eigenvalue weighted by Crippen LogP contribution is -2.27. The number of amides is 2. The van der Waals surface area contributed by atoms with Gasteiger partial charge in [0.25, 0.3) is 11.6 Å². The first kappa shape index (κ1) is 19.3. The summed E-state index contributed by atoms with van der Waals surface area (Å²) in [6.07, 6.45) is 0.969. The molecule has 150 valence electrons. The lowest BCUT2D eigenvalue weighted by atomic mass is 10.1. The van der Waals surface area contributed by atoms with E-state index in [0.717, 1.165) is 12.1 Å². The number of non-ortho nitro benzene ring substituents is 1. The van der Waals surface area contributed by atoms with Gasteiger partial charge < -0.3 is 10.6 Å². The number of carbonyl (C=O) groups is 2. The molecule has 30 heavy (non-hydrogen) atoms. The first-order chi connectivity index (χ1) is 14.5. The highest BCUT2D eigenvalue weighted by Crippen LogP contribution is 2.37. The van der Waals surface area contributed by atoms with Crippen molar-refractivity contribution in [3.8, 4) is 11.1 Å². The molecule has 0 fully saturated rings. The van der Waals surface area contributed by atoms with Crippen molar-refractivity contribution in [3.05, 3.63) is 93.5 Å². The third kappa shape index (κ3) is 4.05. The molecule has 0 atom stereocenters. The molecule has 0 aliphatic heterocycles. The van der Waals surface area contributed by atoms with Crippen LogP contribution in [0.4, 0.5) is 11.4 Å². The molecule has 0 bridgehead atoms. The molecule has 0 saturated carbocycles. The number of hydrogen-bond donors (Lipinski definition) is 2. The lowest BCUT2D eigenvalue weighted by molar-refractivity contribution is -0.384. The van der Waals surface area contributed by atoms with Crippen molar-refractivity contribution in [2.24, 2.45) is 0 Å². The Labute approximate surface area is 172 Å². The minimum atomic E-state index is -0.524. The highest BCUT2D eigenvalue weighted by atomic mass is 16.6. The molecule has 7 nitrogen and oxygen atoms in total. The van der Waals surface area contributed by atoms with E-state index in [0.29, 0.717) is 5.56 Å². The van der Waals surface area contributed by atoms with Gasteiger partial charge in [0.1, 0.15) is 0 Å². The summed E-state index contributed by atoms with van der Waals surface area (Å²) in [5, 5.41) is 16.2. The number of benzene rings is 3. The summed E-state index contributed by atoms with van der Waals surface area (Å²) in [6.45, 7) is 0.165. The molecule has 1 aliphatic carbocycles. The zero-order valence-electron chi connectivity index (χ0n) is 16.1. The Bertz CT molecular complexity index is 1140. The Hall–Kier alpha value is -4.00. The van der Waals surface area contributed by atoms with Crippen LogP contribution >= 0.6 is 0 Å². The first-order valence-electron chi connectivity index (χ1n) is 9.55. The van der Waals surface area contributed by atoms with E-state index in [9.17, 15) is 19.7 Å². The number of fused-ring (bicyclic) bond motifs is 3. The smallest absolute Gasteiger partial charge is 0.269 e. The molecule has 0 unspecified atom stereocenters. The molecule has 2 N–H and O–H groups in total. The summed E-state index contributed by atoms with van der Waals surface area (Å²) in [4.78, 5) is 34.5. The third-order valence-electron chi connectivity index (χ3n) is 5.06. The predicted octanol–water partition coefficient (Wildman–Crippen LogP) is 3.92. The fourth-order valence-electron chi connectivity index (χ4n) is 3.57. The number of nitro groups is 1. The number of nitrogens with zero attached hydrogens (tertiary/aromatic N) is 1. The van der Waals surface area contributed by atoms with Gasteiger partial charge in [0.15, 0.2) is 0 Å². The summed E-state index contributed by atoms with van der Waals surface area (Å²) in [5.74, 6) is -0.581. The van der Waals surface area contributed by atoms with Gasteiger partial charge in [-0.25, -0.2) is 0 Å². The molecular formula is C23H19N3O4. The number of nitrogens with one attached hydrogen (secondary N) is 2. The Morgan fingerprint density at radius 2 is 1.67 bits per heavy atom. The monoisotopic (exact) mass is 401 g/mol. The average molecular weight is 401 g/mol. The van der Waals surface area contributed by atoms with Crippen molar-refractivity contribution in [1.82, 2.24) is 5.32 Å².